The van der Waals surface area contributed by atoms with Crippen molar-refractivity contribution in [1.82, 2.24) is 0 Å². The molecular formula is C25H21Cl2PZr. The zero-order valence-corrected chi connectivity index (χ0v) is 20.8. The molecule has 29 heavy (non-hydrogen) atoms. The quantitative estimate of drug-likeness (QED) is 0.482. The molecule has 144 valence electrons. The molecule has 2 aromatic carbocycles. The molecule has 0 saturated carbocycles. The third-order valence-electron chi connectivity index (χ3n) is 5.39. The van der Waals surface area contributed by atoms with Crippen LogP contribution in [-0.2, 0) is 29.7 Å². The van der Waals surface area contributed by atoms with Gasteiger partial charge in [0.2, 0.25) is 0 Å². The van der Waals surface area contributed by atoms with Crippen molar-refractivity contribution >= 4 is 18.9 Å². The maximum Gasteiger partial charge on any atom is -1.00 e. The van der Waals surface area contributed by atoms with Gasteiger partial charge in [-0.15, -0.1) is 0 Å². The molecule has 2 aliphatic rings. The van der Waals surface area contributed by atoms with Crippen LogP contribution in [0.1, 0.15) is 26.7 Å². The van der Waals surface area contributed by atoms with Crippen LogP contribution in [0.3, 0.4) is 0 Å². The Bertz CT molecular complexity index is 1050. The Labute approximate surface area is 198 Å². The van der Waals surface area contributed by atoms with E-state index in [4.69, 9.17) is 0 Å². The van der Waals surface area contributed by atoms with E-state index in [1.54, 1.807) is 19.7 Å². The molecule has 5 rings (SSSR count). The van der Waals surface area contributed by atoms with E-state index in [2.05, 4.69) is 96.6 Å². The molecule has 1 unspecified atom stereocenters. The first-order chi connectivity index (χ1) is 13.4. The molecule has 1 heterocycles. The summed E-state index contributed by atoms with van der Waals surface area (Å²) in [7, 11) is -0.215. The van der Waals surface area contributed by atoms with Gasteiger partial charge >= 0.3 is 175 Å². The Morgan fingerprint density at radius 3 is 2.38 bits per heavy atom. The number of fused-ring (bicyclic) bond motifs is 1. The average Bonchev–Trinajstić information content (AvgIpc) is 3.44. The number of allylic oxidation sites excluding steroid dienone is 5. The number of halogens is 2. The van der Waals surface area contributed by atoms with Crippen molar-refractivity contribution in [2.75, 3.05) is 0 Å². The van der Waals surface area contributed by atoms with Gasteiger partial charge in [0.05, 0.1) is 0 Å². The second-order valence-electron chi connectivity index (χ2n) is 7.14. The van der Waals surface area contributed by atoms with E-state index in [1.807, 2.05) is 0 Å². The fourth-order valence-electron chi connectivity index (χ4n) is 4.05. The first-order valence-electron chi connectivity index (χ1n) is 9.51. The molecule has 0 aliphatic heterocycles. The second kappa shape index (κ2) is 10.3. The van der Waals surface area contributed by atoms with Crippen LogP contribution in [0, 0.1) is 0 Å². The van der Waals surface area contributed by atoms with E-state index < -0.39 is 23.2 Å². The minimum Gasteiger partial charge on any atom is -1.00 e. The van der Waals surface area contributed by atoms with Gasteiger partial charge in [-0.05, 0) is 0 Å². The van der Waals surface area contributed by atoms with E-state index in [0.717, 1.165) is 6.42 Å². The Hall–Kier alpha value is -1.10. The minimum atomic E-state index is -0.737. The molecule has 1 aromatic heterocycles. The Balaban J connectivity index is 0.00000120. The van der Waals surface area contributed by atoms with Gasteiger partial charge in [0, 0.05) is 0 Å². The van der Waals surface area contributed by atoms with Gasteiger partial charge < -0.3 is 24.8 Å². The van der Waals surface area contributed by atoms with Gasteiger partial charge in [0.25, 0.3) is 0 Å². The molecule has 2 aliphatic carbocycles. The summed E-state index contributed by atoms with van der Waals surface area (Å²) < 4.78 is 2.49. The summed E-state index contributed by atoms with van der Waals surface area (Å²) >= 11 is -0.737. The largest absolute Gasteiger partial charge is 1.00 e. The number of rotatable bonds is 5. The van der Waals surface area contributed by atoms with Crippen LogP contribution < -0.4 is 24.8 Å². The van der Waals surface area contributed by atoms with Gasteiger partial charge in [0.15, 0.2) is 0 Å². The standard InChI is InChI=1S/C13H10P.C12H11.2ClH.Zr/c1-2-6-12-10-13(9-11(12)5-1)14-7-3-4-8-14;1-2-6-11(7-3-1)10-12-8-4-5-9-12;;;/h1-10H;1-4,6-8H,5,10H2;2*1H;/q;;;;+2/p-2. The van der Waals surface area contributed by atoms with E-state index in [0.29, 0.717) is 3.63 Å². The van der Waals surface area contributed by atoms with Crippen molar-refractivity contribution in [3.63, 3.8) is 0 Å². The van der Waals surface area contributed by atoms with E-state index in [9.17, 15) is 0 Å². The average molecular weight is 515 g/mol. The van der Waals surface area contributed by atoms with Crippen molar-refractivity contribution in [2.45, 2.75) is 16.5 Å². The fourth-order valence-corrected chi connectivity index (χ4v) is 11.2. The Kier molecular flexibility index (Phi) is 8.01. The summed E-state index contributed by atoms with van der Waals surface area (Å²) in [5.74, 6) is 4.84. The molecule has 0 nitrogen and oxygen atoms in total. The smallest absolute Gasteiger partial charge is 1.00 e. The number of benzene rings is 2. The van der Waals surface area contributed by atoms with Gasteiger partial charge in [-0.1, -0.05) is 0 Å². The maximum absolute atomic E-state index is 2.51. The maximum atomic E-state index is 2.51. The predicted octanol–water partition coefficient (Wildman–Crippen LogP) is 1.27. The second-order valence-corrected chi connectivity index (χ2v) is 12.7. The summed E-state index contributed by atoms with van der Waals surface area (Å²) in [4.78, 5) is 0. The van der Waals surface area contributed by atoms with Crippen LogP contribution in [0.2, 0.25) is 0 Å². The molecule has 0 amide bonds. The third kappa shape index (κ3) is 4.81. The molecule has 0 radical (unpaired) electrons. The molecule has 0 saturated heterocycles. The van der Waals surface area contributed by atoms with Crippen molar-refractivity contribution in [1.29, 1.82) is 0 Å². The molecule has 4 heteroatoms. The summed E-state index contributed by atoms with van der Waals surface area (Å²) in [6, 6.07) is 24.5. The van der Waals surface area contributed by atoms with E-state index in [1.165, 1.54) is 17.5 Å². The third-order valence-corrected chi connectivity index (χ3v) is 12.3. The van der Waals surface area contributed by atoms with Crippen LogP contribution >= 0.6 is 7.53 Å². The number of hydrogen-bond acceptors (Lipinski definition) is 0. The van der Waals surface area contributed by atoms with Crippen molar-refractivity contribution in [3.8, 4) is 0 Å². The van der Waals surface area contributed by atoms with Crippen LogP contribution in [0.15, 0.2) is 99.3 Å². The van der Waals surface area contributed by atoms with Crippen molar-refractivity contribution < 1.29 is 48.0 Å². The van der Waals surface area contributed by atoms with Gasteiger partial charge in [-0.3, -0.25) is 0 Å². The van der Waals surface area contributed by atoms with E-state index in [-0.39, 0.29) is 32.3 Å². The molecule has 0 spiro atoms. The van der Waals surface area contributed by atoms with Crippen LogP contribution in [-0.4, -0.2) is 0 Å². The zero-order valence-electron chi connectivity index (χ0n) is 15.9. The van der Waals surface area contributed by atoms with Gasteiger partial charge in [0.1, 0.15) is 0 Å². The first kappa shape index (κ1) is 22.6. The predicted molar refractivity (Wildman–Crippen MR) is 113 cm³/mol. The molecule has 0 bridgehead atoms. The van der Waals surface area contributed by atoms with Crippen LogP contribution in [0.25, 0.3) is 11.4 Å². The fraction of sp³-hybridized carbons (Fsp3) is 0.120. The molecular weight excluding hydrogens is 493 g/mol. The van der Waals surface area contributed by atoms with Crippen molar-refractivity contribution in [2.24, 2.45) is 0 Å². The Morgan fingerprint density at radius 1 is 0.862 bits per heavy atom. The summed E-state index contributed by atoms with van der Waals surface area (Å²) in [5.41, 5.74) is 6.09. The SMILES string of the molecule is C1=CC(Cc2ccccc2)=[C]([Zr+2][CH]2C(p3cccc3)=Cc3ccccc32)C1.[Cl-].[Cl-]. The van der Waals surface area contributed by atoms with E-state index >= 15 is 0 Å². The molecule has 1 atom stereocenters. The first-order valence-corrected chi connectivity index (χ1v) is 13.6. The van der Waals surface area contributed by atoms with Crippen LogP contribution in [0.4, 0.5) is 0 Å². The topological polar surface area (TPSA) is 0 Å². The normalized spacial score (nSPS) is 16.6. The summed E-state index contributed by atoms with van der Waals surface area (Å²) in [6.07, 6.45) is 9.57. The van der Waals surface area contributed by atoms with Crippen molar-refractivity contribution in [3.05, 3.63) is 116 Å². The summed E-state index contributed by atoms with van der Waals surface area (Å²) in [6.45, 7) is 0. The Morgan fingerprint density at radius 2 is 1.59 bits per heavy atom. The molecule has 0 fully saturated rings. The van der Waals surface area contributed by atoms with Gasteiger partial charge in [-0.25, -0.2) is 0 Å². The number of hydrogen-bond donors (Lipinski definition) is 0. The summed E-state index contributed by atoms with van der Waals surface area (Å²) in [5, 5.41) is 1.70. The van der Waals surface area contributed by atoms with Gasteiger partial charge in [-0.2, -0.15) is 0 Å². The van der Waals surface area contributed by atoms with Crippen LogP contribution in [0.5, 0.6) is 0 Å². The molecule has 0 N–H and O–H groups in total. The molecule has 3 aromatic rings. The zero-order chi connectivity index (χ0) is 18.1. The monoisotopic (exact) mass is 512 g/mol. The minimum absolute atomic E-state index is 0.